The molecule has 0 aliphatic rings. The summed E-state index contributed by atoms with van der Waals surface area (Å²) in [6, 6.07) is 16.3. The minimum Gasteiger partial charge on any atom is -0.494 e. The topological polar surface area (TPSA) is 105 Å². The van der Waals surface area contributed by atoms with E-state index in [1.165, 1.54) is 12.8 Å². The van der Waals surface area contributed by atoms with Crippen LogP contribution in [0.3, 0.4) is 0 Å². The van der Waals surface area contributed by atoms with Gasteiger partial charge in [-0.2, -0.15) is 0 Å². The number of H-pyrrole nitrogens is 1. The highest BCUT2D eigenvalue weighted by Crippen LogP contribution is 2.28. The summed E-state index contributed by atoms with van der Waals surface area (Å²) >= 11 is 0. The summed E-state index contributed by atoms with van der Waals surface area (Å²) < 4.78 is 30.9. The smallest absolute Gasteiger partial charge is 0.270 e. The van der Waals surface area contributed by atoms with Gasteiger partial charge in [-0.1, -0.05) is 56.0 Å². The van der Waals surface area contributed by atoms with Crippen molar-refractivity contribution in [3.8, 4) is 28.1 Å². The van der Waals surface area contributed by atoms with Gasteiger partial charge in [0, 0.05) is 11.3 Å². The number of hydrogen-bond acceptors (Lipinski definition) is 5. The molecule has 0 radical (unpaired) electrons. The van der Waals surface area contributed by atoms with E-state index in [4.69, 9.17) is 4.74 Å². The normalized spacial score (nSPS) is 11.3. The van der Waals surface area contributed by atoms with Crippen molar-refractivity contribution in [1.82, 2.24) is 9.71 Å². The molecule has 180 valence electrons. The number of pyridine rings is 1. The van der Waals surface area contributed by atoms with Crippen molar-refractivity contribution in [1.29, 1.82) is 0 Å². The van der Waals surface area contributed by atoms with Crippen LogP contribution < -0.4 is 15.0 Å². The third kappa shape index (κ3) is 6.81. The van der Waals surface area contributed by atoms with Gasteiger partial charge in [0.15, 0.2) is 0 Å². The van der Waals surface area contributed by atoms with Crippen molar-refractivity contribution in [2.45, 2.75) is 39.5 Å². The van der Waals surface area contributed by atoms with E-state index in [1.54, 1.807) is 18.2 Å². The van der Waals surface area contributed by atoms with Crippen LogP contribution in [-0.2, 0) is 10.0 Å². The first-order valence-electron chi connectivity index (χ1n) is 11.3. The molecular formula is C26H30N2O5S. The van der Waals surface area contributed by atoms with Crippen LogP contribution in [0.2, 0.25) is 0 Å². The van der Waals surface area contributed by atoms with Crippen LogP contribution in [-0.4, -0.2) is 32.2 Å². The molecule has 1 aromatic heterocycles. The second kappa shape index (κ2) is 11.2. The lowest BCUT2D eigenvalue weighted by atomic mass is 9.97. The summed E-state index contributed by atoms with van der Waals surface area (Å²) in [5.74, 6) is -0.233. The Morgan fingerprint density at radius 3 is 2.24 bits per heavy atom. The second-order valence-corrected chi connectivity index (χ2v) is 10.1. The predicted molar refractivity (Wildman–Crippen MR) is 135 cm³/mol. The zero-order valence-corrected chi connectivity index (χ0v) is 20.5. The molecule has 1 heterocycles. The summed E-state index contributed by atoms with van der Waals surface area (Å²) in [4.78, 5) is 28.3. The Morgan fingerprint density at radius 2 is 1.62 bits per heavy atom. The number of carbonyl (C=O) groups excluding carboxylic acids is 1. The number of ether oxygens (including phenoxy) is 1. The molecule has 0 saturated heterocycles. The highest BCUT2D eigenvalue weighted by molar-refractivity contribution is 7.89. The van der Waals surface area contributed by atoms with E-state index < -0.39 is 21.5 Å². The number of benzene rings is 2. The van der Waals surface area contributed by atoms with Crippen LogP contribution in [0.1, 0.15) is 48.5 Å². The number of aromatic amines is 1. The Labute approximate surface area is 200 Å². The molecule has 34 heavy (non-hydrogen) atoms. The molecule has 0 bridgehead atoms. The number of hydrogen-bond donors (Lipinski definition) is 2. The van der Waals surface area contributed by atoms with E-state index in [0.29, 0.717) is 23.4 Å². The number of amides is 1. The highest BCUT2D eigenvalue weighted by atomic mass is 32.2. The van der Waals surface area contributed by atoms with E-state index in [2.05, 4.69) is 11.9 Å². The molecule has 0 aliphatic heterocycles. The molecule has 1 amide bonds. The zero-order valence-electron chi connectivity index (χ0n) is 19.7. The Balaban J connectivity index is 1.96. The molecule has 7 nitrogen and oxygen atoms in total. The average molecular weight is 483 g/mol. The maximum atomic E-state index is 13.0. The van der Waals surface area contributed by atoms with Crippen molar-refractivity contribution in [3.63, 3.8) is 0 Å². The minimum atomic E-state index is -3.84. The van der Waals surface area contributed by atoms with Crippen LogP contribution in [0.15, 0.2) is 59.4 Å². The van der Waals surface area contributed by atoms with E-state index in [1.807, 2.05) is 48.0 Å². The number of rotatable bonds is 10. The summed E-state index contributed by atoms with van der Waals surface area (Å²) in [5, 5.41) is 0. The minimum absolute atomic E-state index is 0.259. The molecule has 8 heteroatoms. The molecule has 2 N–H and O–H groups in total. The van der Waals surface area contributed by atoms with Crippen molar-refractivity contribution < 1.29 is 17.9 Å². The Bertz CT molecular complexity index is 1290. The predicted octanol–water partition coefficient (Wildman–Crippen LogP) is 4.67. The van der Waals surface area contributed by atoms with Crippen molar-refractivity contribution >= 4 is 15.9 Å². The molecule has 3 rings (SSSR count). The highest BCUT2D eigenvalue weighted by Gasteiger charge is 2.21. The van der Waals surface area contributed by atoms with Crippen LogP contribution in [0.5, 0.6) is 5.75 Å². The number of aromatic nitrogens is 1. The van der Waals surface area contributed by atoms with Gasteiger partial charge in [-0.3, -0.25) is 9.59 Å². The first-order chi connectivity index (χ1) is 16.2. The quantitative estimate of drug-likeness (QED) is 0.409. The van der Waals surface area contributed by atoms with Gasteiger partial charge < -0.3 is 9.72 Å². The van der Waals surface area contributed by atoms with E-state index in [9.17, 15) is 18.0 Å². The van der Waals surface area contributed by atoms with Crippen molar-refractivity contribution in [3.05, 3.63) is 76.1 Å². The standard InChI is InChI=1S/C26H30N2O5S/c1-4-5-6-7-16-33-21-14-12-20(13-15-21)23-17-22(19-10-8-18(2)9-11-19)24(25(29)27-23)26(30)28-34(3,31)32/h8-15,17H,4-7,16H2,1-3H3,(H,27,29)(H,28,30). The number of sulfonamides is 1. The van der Waals surface area contributed by atoms with E-state index in [-0.39, 0.29) is 5.56 Å². The summed E-state index contributed by atoms with van der Waals surface area (Å²) in [6.07, 6.45) is 5.37. The lowest BCUT2D eigenvalue weighted by Gasteiger charge is -2.12. The third-order valence-corrected chi connectivity index (χ3v) is 5.89. The van der Waals surface area contributed by atoms with Gasteiger partial charge in [-0.05, 0) is 54.8 Å². The molecule has 0 spiro atoms. The molecule has 3 aromatic rings. The average Bonchev–Trinajstić information content (AvgIpc) is 2.78. The lowest BCUT2D eigenvalue weighted by Crippen LogP contribution is -2.34. The summed E-state index contributed by atoms with van der Waals surface area (Å²) in [5.41, 5.74) is 2.29. The fraction of sp³-hybridized carbons (Fsp3) is 0.308. The lowest BCUT2D eigenvalue weighted by molar-refractivity contribution is 0.0981. The number of nitrogens with one attached hydrogen (secondary N) is 2. The first-order valence-corrected chi connectivity index (χ1v) is 13.2. The number of aryl methyl sites for hydroxylation is 1. The van der Waals surface area contributed by atoms with Crippen LogP contribution in [0.25, 0.3) is 22.4 Å². The zero-order chi connectivity index (χ0) is 24.7. The first kappa shape index (κ1) is 25.2. The molecular weight excluding hydrogens is 452 g/mol. The van der Waals surface area contributed by atoms with Gasteiger partial charge >= 0.3 is 0 Å². The molecule has 0 aliphatic carbocycles. The molecule has 0 atom stereocenters. The Hall–Kier alpha value is -3.39. The maximum absolute atomic E-state index is 13.0. The largest absolute Gasteiger partial charge is 0.494 e. The SMILES string of the molecule is CCCCCCOc1ccc(-c2cc(-c3ccc(C)cc3)c(C(=O)NS(C)(=O)=O)c(=O)[nH]2)cc1. The molecule has 0 saturated carbocycles. The van der Waals surface area contributed by atoms with Gasteiger partial charge in [-0.25, -0.2) is 13.1 Å². The molecule has 0 unspecified atom stereocenters. The fourth-order valence-electron chi connectivity index (χ4n) is 3.57. The van der Waals surface area contributed by atoms with Gasteiger partial charge in [0.05, 0.1) is 12.9 Å². The van der Waals surface area contributed by atoms with Crippen LogP contribution in [0.4, 0.5) is 0 Å². The maximum Gasteiger partial charge on any atom is 0.270 e. The van der Waals surface area contributed by atoms with Gasteiger partial charge in [0.2, 0.25) is 10.0 Å². The van der Waals surface area contributed by atoms with Gasteiger partial charge in [-0.15, -0.1) is 0 Å². The van der Waals surface area contributed by atoms with E-state index >= 15 is 0 Å². The third-order valence-electron chi connectivity index (χ3n) is 5.33. The van der Waals surface area contributed by atoms with Crippen LogP contribution in [0, 0.1) is 6.92 Å². The number of carbonyl (C=O) groups is 1. The monoisotopic (exact) mass is 482 g/mol. The summed E-state index contributed by atoms with van der Waals surface area (Å²) in [7, 11) is -3.84. The molecule has 0 fully saturated rings. The van der Waals surface area contributed by atoms with Crippen molar-refractivity contribution in [2.24, 2.45) is 0 Å². The van der Waals surface area contributed by atoms with Gasteiger partial charge in [0.25, 0.3) is 11.5 Å². The van der Waals surface area contributed by atoms with Crippen LogP contribution >= 0.6 is 0 Å². The Morgan fingerprint density at radius 1 is 0.971 bits per heavy atom. The molecule has 2 aromatic carbocycles. The fourth-order valence-corrected chi connectivity index (χ4v) is 4.01. The van der Waals surface area contributed by atoms with Gasteiger partial charge in [0.1, 0.15) is 11.3 Å². The van der Waals surface area contributed by atoms with Crippen molar-refractivity contribution in [2.75, 3.05) is 12.9 Å². The van der Waals surface area contributed by atoms with E-state index in [0.717, 1.165) is 36.0 Å². The Kier molecular flexibility index (Phi) is 8.28. The second-order valence-electron chi connectivity index (χ2n) is 8.30. The number of unbranched alkanes of at least 4 members (excludes halogenated alkanes) is 3. The summed E-state index contributed by atoms with van der Waals surface area (Å²) in [6.45, 7) is 4.74.